The lowest BCUT2D eigenvalue weighted by Gasteiger charge is -2.21. The number of nitrogens with one attached hydrogen (secondary N) is 1. The predicted octanol–water partition coefficient (Wildman–Crippen LogP) is 4.11. The van der Waals surface area contributed by atoms with Crippen LogP contribution in [0.4, 0.5) is 10.1 Å². The van der Waals surface area contributed by atoms with Crippen molar-refractivity contribution in [3.63, 3.8) is 0 Å². The summed E-state index contributed by atoms with van der Waals surface area (Å²) in [6.45, 7) is 4.44. The minimum atomic E-state index is -0.353. The maximum absolute atomic E-state index is 12.9. The second-order valence-corrected chi connectivity index (χ2v) is 7.70. The van der Waals surface area contributed by atoms with Crippen molar-refractivity contribution in [2.75, 3.05) is 18.1 Å². The molecule has 0 bridgehead atoms. The molecule has 27 heavy (non-hydrogen) atoms. The number of aryl methyl sites for hydroxylation is 1. The minimum Gasteiger partial charge on any atom is -0.340 e. The number of hydrogen-bond donors (Lipinski definition) is 1. The van der Waals surface area contributed by atoms with E-state index < -0.39 is 0 Å². The van der Waals surface area contributed by atoms with Crippen LogP contribution in [0.2, 0.25) is 0 Å². The summed E-state index contributed by atoms with van der Waals surface area (Å²) in [5, 5.41) is 2.36. The third-order valence-corrected chi connectivity index (χ3v) is 5.30. The summed E-state index contributed by atoms with van der Waals surface area (Å²) < 4.78 is 12.9. The highest BCUT2D eigenvalue weighted by Crippen LogP contribution is 2.16. The molecule has 144 valence electrons. The largest absolute Gasteiger partial charge is 0.340 e. The summed E-state index contributed by atoms with van der Waals surface area (Å²) in [5.41, 5.74) is 2.88. The summed E-state index contributed by atoms with van der Waals surface area (Å²) >= 11 is 1.28. The highest BCUT2D eigenvalue weighted by molar-refractivity contribution is 8.01. The van der Waals surface area contributed by atoms with Crippen LogP contribution in [0.25, 0.3) is 0 Å². The van der Waals surface area contributed by atoms with E-state index >= 15 is 0 Å². The summed E-state index contributed by atoms with van der Waals surface area (Å²) in [5.74, 6) is -0.435. The second-order valence-electron chi connectivity index (χ2n) is 6.37. The molecular formula is C21H25FN2O2S. The van der Waals surface area contributed by atoms with E-state index in [0.29, 0.717) is 12.2 Å². The van der Waals surface area contributed by atoms with Gasteiger partial charge < -0.3 is 10.2 Å². The first-order chi connectivity index (χ1) is 12.9. The van der Waals surface area contributed by atoms with E-state index in [1.165, 1.54) is 41.6 Å². The molecule has 2 rings (SSSR count). The maximum atomic E-state index is 12.9. The lowest BCUT2D eigenvalue weighted by Crippen LogP contribution is -2.33. The second kappa shape index (κ2) is 10.1. The van der Waals surface area contributed by atoms with Crippen molar-refractivity contribution in [1.82, 2.24) is 4.90 Å². The van der Waals surface area contributed by atoms with Crippen LogP contribution in [0.3, 0.4) is 0 Å². The van der Waals surface area contributed by atoms with Gasteiger partial charge in [-0.25, -0.2) is 4.39 Å². The van der Waals surface area contributed by atoms with Crippen LogP contribution in [-0.2, 0) is 22.6 Å². The number of benzene rings is 2. The molecule has 0 aliphatic carbocycles. The molecule has 0 spiro atoms. The lowest BCUT2D eigenvalue weighted by atomic mass is 10.1. The van der Waals surface area contributed by atoms with Crippen molar-refractivity contribution in [2.24, 2.45) is 0 Å². The molecule has 1 unspecified atom stereocenters. The Labute approximate surface area is 164 Å². The number of nitrogens with zero attached hydrogens (tertiary/aromatic N) is 1. The normalized spacial score (nSPS) is 11.7. The van der Waals surface area contributed by atoms with Gasteiger partial charge in [0.1, 0.15) is 5.82 Å². The van der Waals surface area contributed by atoms with Crippen molar-refractivity contribution in [3.8, 4) is 0 Å². The highest BCUT2D eigenvalue weighted by Gasteiger charge is 2.19. The molecule has 6 heteroatoms. The number of carbonyl (C=O) groups excluding carboxylic acids is 2. The fourth-order valence-corrected chi connectivity index (χ4v) is 3.34. The zero-order chi connectivity index (χ0) is 19.8. The maximum Gasteiger partial charge on any atom is 0.235 e. The third-order valence-electron chi connectivity index (χ3n) is 4.17. The van der Waals surface area contributed by atoms with Gasteiger partial charge in [-0.1, -0.05) is 31.2 Å². The molecule has 0 saturated carbocycles. The van der Waals surface area contributed by atoms with Gasteiger partial charge in [-0.3, -0.25) is 9.59 Å². The fourth-order valence-electron chi connectivity index (χ4n) is 2.54. The van der Waals surface area contributed by atoms with E-state index in [1.807, 2.05) is 12.1 Å². The van der Waals surface area contributed by atoms with Crippen molar-refractivity contribution < 1.29 is 14.0 Å². The van der Waals surface area contributed by atoms with Crippen LogP contribution >= 0.6 is 11.8 Å². The Kier molecular flexibility index (Phi) is 7.85. The molecule has 2 aromatic rings. The Hall–Kier alpha value is -2.34. The van der Waals surface area contributed by atoms with Crippen LogP contribution in [-0.4, -0.2) is 34.8 Å². The predicted molar refractivity (Wildman–Crippen MR) is 109 cm³/mol. The molecule has 4 nitrogen and oxygen atoms in total. The van der Waals surface area contributed by atoms with E-state index in [-0.39, 0.29) is 28.6 Å². The molecule has 0 aliphatic heterocycles. The van der Waals surface area contributed by atoms with Gasteiger partial charge >= 0.3 is 0 Å². The molecule has 0 aliphatic rings. The van der Waals surface area contributed by atoms with Crippen molar-refractivity contribution in [1.29, 1.82) is 0 Å². The number of hydrogen-bond acceptors (Lipinski definition) is 3. The number of rotatable bonds is 8. The minimum absolute atomic E-state index is 0.0193. The van der Waals surface area contributed by atoms with Gasteiger partial charge in [-0.05, 0) is 48.7 Å². The summed E-state index contributed by atoms with van der Waals surface area (Å²) in [6, 6.07) is 13.8. The smallest absolute Gasteiger partial charge is 0.235 e. The van der Waals surface area contributed by atoms with Crippen LogP contribution < -0.4 is 5.32 Å². The third kappa shape index (κ3) is 6.71. The summed E-state index contributed by atoms with van der Waals surface area (Å²) in [6.07, 6.45) is 0.989. The van der Waals surface area contributed by atoms with Crippen LogP contribution in [0.5, 0.6) is 0 Å². The molecule has 2 aromatic carbocycles. The molecule has 0 fully saturated rings. The monoisotopic (exact) mass is 388 g/mol. The number of carbonyl (C=O) groups is 2. The molecule has 1 atom stereocenters. The lowest BCUT2D eigenvalue weighted by molar-refractivity contribution is -0.129. The molecule has 0 heterocycles. The Morgan fingerprint density at radius 3 is 2.26 bits per heavy atom. The SMILES string of the molecule is CCc1ccc(CN(C)C(=O)C(C)SCC(=O)Nc2ccc(F)cc2)cc1. The molecular weight excluding hydrogens is 363 g/mol. The standard InChI is InChI=1S/C21H25FN2O2S/c1-4-16-5-7-17(8-6-16)13-24(3)21(26)15(2)27-14-20(25)23-19-11-9-18(22)10-12-19/h5-12,15H,4,13-14H2,1-3H3,(H,23,25). The average molecular weight is 389 g/mol. The van der Waals surface area contributed by atoms with Gasteiger partial charge in [0.05, 0.1) is 11.0 Å². The van der Waals surface area contributed by atoms with E-state index in [2.05, 4.69) is 24.4 Å². The zero-order valence-corrected chi connectivity index (χ0v) is 16.7. The number of amides is 2. The van der Waals surface area contributed by atoms with Gasteiger partial charge in [0.2, 0.25) is 11.8 Å². The number of anilines is 1. The van der Waals surface area contributed by atoms with Gasteiger partial charge in [0, 0.05) is 19.3 Å². The Bertz CT molecular complexity index is 763. The molecule has 0 aromatic heterocycles. The molecule has 1 N–H and O–H groups in total. The van der Waals surface area contributed by atoms with E-state index in [9.17, 15) is 14.0 Å². The van der Waals surface area contributed by atoms with Gasteiger partial charge in [0.15, 0.2) is 0 Å². The Balaban J connectivity index is 1.79. The Morgan fingerprint density at radius 1 is 1.07 bits per heavy atom. The first-order valence-corrected chi connectivity index (χ1v) is 9.93. The summed E-state index contributed by atoms with van der Waals surface area (Å²) in [4.78, 5) is 26.2. The van der Waals surface area contributed by atoms with Crippen molar-refractivity contribution >= 4 is 29.3 Å². The first-order valence-electron chi connectivity index (χ1n) is 8.89. The Morgan fingerprint density at radius 2 is 1.67 bits per heavy atom. The van der Waals surface area contributed by atoms with Crippen LogP contribution in [0.1, 0.15) is 25.0 Å². The van der Waals surface area contributed by atoms with Gasteiger partial charge in [-0.2, -0.15) is 0 Å². The van der Waals surface area contributed by atoms with Gasteiger partial charge in [-0.15, -0.1) is 11.8 Å². The van der Waals surface area contributed by atoms with Crippen LogP contribution in [0.15, 0.2) is 48.5 Å². The highest BCUT2D eigenvalue weighted by atomic mass is 32.2. The number of thioether (sulfide) groups is 1. The van der Waals surface area contributed by atoms with Crippen LogP contribution in [0, 0.1) is 5.82 Å². The van der Waals surface area contributed by atoms with Gasteiger partial charge in [0.25, 0.3) is 0 Å². The quantitative estimate of drug-likeness (QED) is 0.740. The van der Waals surface area contributed by atoms with E-state index in [0.717, 1.165) is 12.0 Å². The van der Waals surface area contributed by atoms with Crippen molar-refractivity contribution in [2.45, 2.75) is 32.1 Å². The van der Waals surface area contributed by atoms with E-state index in [4.69, 9.17) is 0 Å². The zero-order valence-electron chi connectivity index (χ0n) is 15.9. The fraction of sp³-hybridized carbons (Fsp3) is 0.333. The topological polar surface area (TPSA) is 49.4 Å². The summed E-state index contributed by atoms with van der Waals surface area (Å²) in [7, 11) is 1.77. The van der Waals surface area contributed by atoms with Crippen molar-refractivity contribution in [3.05, 3.63) is 65.5 Å². The molecule has 2 amide bonds. The average Bonchev–Trinajstić information content (AvgIpc) is 2.67. The first kappa shape index (κ1) is 21.0. The number of halogens is 1. The van der Waals surface area contributed by atoms with E-state index in [1.54, 1.807) is 18.9 Å². The molecule has 0 saturated heterocycles. The molecule has 0 radical (unpaired) electrons.